The molecule has 1 aromatic carbocycles. The van der Waals surface area contributed by atoms with Crippen LogP contribution < -0.4 is 10.6 Å². The highest BCUT2D eigenvalue weighted by Gasteiger charge is 2.78. The van der Waals surface area contributed by atoms with Crippen molar-refractivity contribution in [1.82, 2.24) is 15.5 Å². The van der Waals surface area contributed by atoms with Gasteiger partial charge in [0.1, 0.15) is 11.6 Å². The first-order chi connectivity index (χ1) is 15.7. The second kappa shape index (κ2) is 8.72. The van der Waals surface area contributed by atoms with Crippen LogP contribution in [0.3, 0.4) is 0 Å². The molecular formula is C25H35N3O5. The summed E-state index contributed by atoms with van der Waals surface area (Å²) >= 11 is 0. The minimum absolute atomic E-state index is 0.0233. The largest absolute Gasteiger partial charge is 0.394 e. The number of hydrogen-bond donors (Lipinski definition) is 3. The van der Waals surface area contributed by atoms with Crippen LogP contribution in [0.5, 0.6) is 0 Å². The zero-order chi connectivity index (χ0) is 24.0. The van der Waals surface area contributed by atoms with Gasteiger partial charge in [-0.1, -0.05) is 50.6 Å². The van der Waals surface area contributed by atoms with Gasteiger partial charge in [-0.05, 0) is 31.2 Å². The number of fused-ring (bicyclic) bond motifs is 1. The Kier molecular flexibility index (Phi) is 6.26. The number of hydrogen-bond acceptors (Lipinski definition) is 5. The molecule has 0 radical (unpaired) electrons. The number of carbonyl (C=O) groups is 3. The summed E-state index contributed by atoms with van der Waals surface area (Å²) in [6.07, 6.45) is 1.85. The average Bonchev–Trinajstić information content (AvgIpc) is 3.39. The third-order valence-electron chi connectivity index (χ3n) is 8.15. The van der Waals surface area contributed by atoms with Gasteiger partial charge in [0, 0.05) is 13.6 Å². The van der Waals surface area contributed by atoms with E-state index in [0.717, 1.165) is 12.0 Å². The zero-order valence-corrected chi connectivity index (χ0v) is 19.8. The molecule has 3 saturated heterocycles. The second-order valence-electron chi connectivity index (χ2n) is 9.93. The Morgan fingerprint density at radius 2 is 1.94 bits per heavy atom. The van der Waals surface area contributed by atoms with E-state index in [1.165, 1.54) is 0 Å². The summed E-state index contributed by atoms with van der Waals surface area (Å²) in [5, 5.41) is 16.0. The summed E-state index contributed by atoms with van der Waals surface area (Å²) in [5.41, 5.74) is -0.927. The molecule has 33 heavy (non-hydrogen) atoms. The predicted molar refractivity (Wildman–Crippen MR) is 122 cm³/mol. The highest BCUT2D eigenvalue weighted by atomic mass is 16.5. The van der Waals surface area contributed by atoms with Gasteiger partial charge in [0.05, 0.1) is 30.1 Å². The monoisotopic (exact) mass is 457 g/mol. The fourth-order valence-electron chi connectivity index (χ4n) is 6.27. The molecular weight excluding hydrogens is 422 g/mol. The summed E-state index contributed by atoms with van der Waals surface area (Å²) in [6.45, 7) is 5.90. The van der Waals surface area contributed by atoms with Crippen molar-refractivity contribution < 1.29 is 24.2 Å². The molecule has 1 aromatic rings. The standard InChI is InChI=1S/C25H35N3O5/c1-5-15(2)17(14-29)28-20(22(31)27-13-16-9-7-6-8-10-16)25-12-11-24(3,33-25)18(21(30)26-4)19(25)23(28)32/h6-10,15,17-20,29H,5,11-14H2,1-4H3,(H,26,30)(H,27,31)/t15-,17-,18+,19-,20?,24-,25?/m0/s1. The molecule has 1 spiro atoms. The van der Waals surface area contributed by atoms with Crippen molar-refractivity contribution in [1.29, 1.82) is 0 Å². The van der Waals surface area contributed by atoms with Crippen LogP contribution in [0.2, 0.25) is 0 Å². The molecule has 7 atom stereocenters. The van der Waals surface area contributed by atoms with Crippen molar-refractivity contribution >= 4 is 17.7 Å². The number of rotatable bonds is 8. The molecule has 3 fully saturated rings. The van der Waals surface area contributed by atoms with Gasteiger partial charge in [-0.2, -0.15) is 0 Å². The molecule has 0 aliphatic carbocycles. The fourth-order valence-corrected chi connectivity index (χ4v) is 6.27. The van der Waals surface area contributed by atoms with Crippen LogP contribution in [0.25, 0.3) is 0 Å². The lowest BCUT2D eigenvalue weighted by Crippen LogP contribution is -2.59. The molecule has 2 bridgehead atoms. The molecule has 8 heteroatoms. The van der Waals surface area contributed by atoms with Gasteiger partial charge in [0.25, 0.3) is 0 Å². The molecule has 3 amide bonds. The molecule has 2 unspecified atom stereocenters. The highest BCUT2D eigenvalue weighted by Crippen LogP contribution is 2.63. The van der Waals surface area contributed by atoms with Crippen LogP contribution in [0.1, 0.15) is 45.6 Å². The van der Waals surface area contributed by atoms with E-state index in [-0.39, 0.29) is 30.2 Å². The molecule has 0 saturated carbocycles. The molecule has 3 aliphatic rings. The second-order valence-corrected chi connectivity index (χ2v) is 9.93. The van der Waals surface area contributed by atoms with Gasteiger partial charge < -0.3 is 25.4 Å². The van der Waals surface area contributed by atoms with Crippen molar-refractivity contribution in [3.8, 4) is 0 Å². The Balaban J connectivity index is 1.74. The topological polar surface area (TPSA) is 108 Å². The predicted octanol–water partition coefficient (Wildman–Crippen LogP) is 1.22. The van der Waals surface area contributed by atoms with E-state index < -0.39 is 35.1 Å². The molecule has 180 valence electrons. The molecule has 3 heterocycles. The number of nitrogens with zero attached hydrogens (tertiary/aromatic N) is 1. The van der Waals surface area contributed by atoms with Crippen LogP contribution in [0.4, 0.5) is 0 Å². The Morgan fingerprint density at radius 3 is 2.55 bits per heavy atom. The van der Waals surface area contributed by atoms with Crippen molar-refractivity contribution in [3.63, 3.8) is 0 Å². The summed E-state index contributed by atoms with van der Waals surface area (Å²) in [4.78, 5) is 42.1. The first-order valence-electron chi connectivity index (χ1n) is 11.9. The number of likely N-dealkylation sites (tertiary alicyclic amines) is 1. The number of ether oxygens (including phenoxy) is 1. The van der Waals surface area contributed by atoms with E-state index in [9.17, 15) is 19.5 Å². The molecule has 3 aliphatic heterocycles. The van der Waals surface area contributed by atoms with Gasteiger partial charge in [0.2, 0.25) is 17.7 Å². The van der Waals surface area contributed by atoms with Gasteiger partial charge in [0.15, 0.2) is 0 Å². The first-order valence-corrected chi connectivity index (χ1v) is 11.9. The van der Waals surface area contributed by atoms with Gasteiger partial charge in [-0.25, -0.2) is 0 Å². The van der Waals surface area contributed by atoms with E-state index in [1.54, 1.807) is 11.9 Å². The number of amides is 3. The fraction of sp³-hybridized carbons (Fsp3) is 0.640. The Bertz CT molecular complexity index is 924. The average molecular weight is 458 g/mol. The summed E-state index contributed by atoms with van der Waals surface area (Å²) < 4.78 is 6.54. The highest BCUT2D eigenvalue weighted by molar-refractivity contribution is 5.99. The third-order valence-corrected chi connectivity index (χ3v) is 8.15. The summed E-state index contributed by atoms with van der Waals surface area (Å²) in [5.74, 6) is -2.27. The Labute approximate surface area is 195 Å². The van der Waals surface area contributed by atoms with Crippen LogP contribution in [0.15, 0.2) is 30.3 Å². The van der Waals surface area contributed by atoms with Crippen molar-refractivity contribution in [2.75, 3.05) is 13.7 Å². The van der Waals surface area contributed by atoms with Gasteiger partial charge in [-0.3, -0.25) is 14.4 Å². The zero-order valence-electron chi connectivity index (χ0n) is 19.8. The van der Waals surface area contributed by atoms with Gasteiger partial charge >= 0.3 is 0 Å². The number of aliphatic hydroxyl groups excluding tert-OH is 1. The Hall–Kier alpha value is -2.45. The molecule has 8 nitrogen and oxygen atoms in total. The van der Waals surface area contributed by atoms with Crippen molar-refractivity contribution in [2.45, 2.75) is 69.9 Å². The van der Waals surface area contributed by atoms with Crippen LogP contribution in [-0.2, 0) is 25.7 Å². The number of nitrogens with one attached hydrogen (secondary N) is 2. The van der Waals surface area contributed by atoms with E-state index in [1.807, 2.05) is 51.1 Å². The molecule has 3 N–H and O–H groups in total. The van der Waals surface area contributed by atoms with E-state index in [2.05, 4.69) is 10.6 Å². The lowest BCUT2D eigenvalue weighted by atomic mass is 9.66. The molecule has 0 aromatic heterocycles. The maximum absolute atomic E-state index is 13.9. The minimum Gasteiger partial charge on any atom is -0.394 e. The number of benzene rings is 1. The third kappa shape index (κ3) is 3.54. The lowest BCUT2D eigenvalue weighted by Gasteiger charge is -2.39. The first kappa shape index (κ1) is 23.7. The van der Waals surface area contributed by atoms with Crippen LogP contribution in [-0.4, -0.2) is 64.7 Å². The lowest BCUT2D eigenvalue weighted by molar-refractivity contribution is -0.151. The maximum atomic E-state index is 13.9. The molecule has 4 rings (SSSR count). The summed E-state index contributed by atoms with van der Waals surface area (Å²) in [7, 11) is 1.56. The van der Waals surface area contributed by atoms with Crippen molar-refractivity contribution in [2.24, 2.45) is 17.8 Å². The minimum atomic E-state index is -1.08. The van der Waals surface area contributed by atoms with E-state index in [4.69, 9.17) is 4.74 Å². The normalized spacial score (nSPS) is 34.2. The Morgan fingerprint density at radius 1 is 1.24 bits per heavy atom. The van der Waals surface area contributed by atoms with Gasteiger partial charge in [-0.15, -0.1) is 0 Å². The quantitative estimate of drug-likeness (QED) is 0.544. The maximum Gasteiger partial charge on any atom is 0.246 e. The van der Waals surface area contributed by atoms with Crippen molar-refractivity contribution in [3.05, 3.63) is 35.9 Å². The SMILES string of the molecule is CC[C@H](C)[C@H](CO)N1C(=O)[C@@H]2[C@H](C(=O)NC)[C@]3(C)CCC2(O3)C1C(=O)NCc1ccccc1. The van der Waals surface area contributed by atoms with Crippen LogP contribution >= 0.6 is 0 Å². The van der Waals surface area contributed by atoms with E-state index >= 15 is 0 Å². The number of carbonyl (C=O) groups excluding carboxylic acids is 3. The van der Waals surface area contributed by atoms with Crippen LogP contribution in [0, 0.1) is 17.8 Å². The smallest absolute Gasteiger partial charge is 0.246 e. The van der Waals surface area contributed by atoms with E-state index in [0.29, 0.717) is 19.4 Å². The summed E-state index contributed by atoms with van der Waals surface area (Å²) in [6, 6.07) is 8.14. The number of aliphatic hydroxyl groups is 1.